The molecular weight excluding hydrogens is 146 g/mol. The Morgan fingerprint density at radius 1 is 1.50 bits per heavy atom. The van der Waals surface area contributed by atoms with Gasteiger partial charge in [0.25, 0.3) is 0 Å². The van der Waals surface area contributed by atoms with E-state index in [4.69, 9.17) is 0 Å². The summed E-state index contributed by atoms with van der Waals surface area (Å²) in [6.07, 6.45) is 5.43. The molecule has 2 aromatic rings. The molecule has 0 unspecified atom stereocenters. The van der Waals surface area contributed by atoms with Crippen LogP contribution in [0.1, 0.15) is 0 Å². The molecule has 0 aliphatic carbocycles. The lowest BCUT2D eigenvalue weighted by Crippen LogP contribution is -1.89. The van der Waals surface area contributed by atoms with E-state index in [9.17, 15) is 0 Å². The topological polar surface area (TPSA) is 30.7 Å². The molecule has 0 fully saturated rings. The highest BCUT2D eigenvalue weighted by atomic mass is 32.1. The van der Waals surface area contributed by atoms with Crippen molar-refractivity contribution in [2.75, 3.05) is 0 Å². The van der Waals surface area contributed by atoms with Crippen LogP contribution in [0.25, 0.3) is 5.69 Å². The van der Waals surface area contributed by atoms with E-state index in [-0.39, 0.29) is 0 Å². The van der Waals surface area contributed by atoms with E-state index in [0.717, 1.165) is 5.69 Å². The van der Waals surface area contributed by atoms with Gasteiger partial charge in [0.05, 0.1) is 11.9 Å². The molecule has 3 nitrogen and oxygen atoms in total. The highest BCUT2D eigenvalue weighted by Gasteiger charge is 1.93. The zero-order valence-corrected chi connectivity index (χ0v) is 5.95. The number of aromatic nitrogens is 3. The standard InChI is InChI=1S/C6H5N3S/c1-2-7-9(3-1)6-4-8-10-5-6/h1-5H. The Bertz CT molecular complexity index is 252. The van der Waals surface area contributed by atoms with Crippen LogP contribution in [0.3, 0.4) is 0 Å². The molecule has 0 aromatic carbocycles. The second-order valence-electron chi connectivity index (χ2n) is 1.83. The summed E-state index contributed by atoms with van der Waals surface area (Å²) in [4.78, 5) is 0. The molecule has 0 atom stereocenters. The molecular formula is C6H5N3S. The van der Waals surface area contributed by atoms with Crippen LogP contribution in [0.5, 0.6) is 0 Å². The van der Waals surface area contributed by atoms with Gasteiger partial charge in [-0.05, 0) is 17.6 Å². The van der Waals surface area contributed by atoms with Gasteiger partial charge in [-0.25, -0.2) is 4.68 Å². The predicted octanol–water partition coefficient (Wildman–Crippen LogP) is 1.33. The number of hydrogen-bond acceptors (Lipinski definition) is 3. The Hall–Kier alpha value is -1.16. The van der Waals surface area contributed by atoms with Gasteiger partial charge in [-0.2, -0.15) is 9.47 Å². The number of hydrogen-bond donors (Lipinski definition) is 0. The molecule has 0 amide bonds. The molecule has 0 bridgehead atoms. The first-order chi connectivity index (χ1) is 4.97. The summed E-state index contributed by atoms with van der Waals surface area (Å²) in [5.74, 6) is 0. The normalized spacial score (nSPS) is 10.0. The Balaban J connectivity index is 2.48. The van der Waals surface area contributed by atoms with Crippen molar-refractivity contribution in [2.24, 2.45) is 0 Å². The van der Waals surface area contributed by atoms with Gasteiger partial charge in [0.2, 0.25) is 0 Å². The van der Waals surface area contributed by atoms with Crippen LogP contribution in [0.4, 0.5) is 0 Å². The van der Waals surface area contributed by atoms with Gasteiger partial charge < -0.3 is 0 Å². The zero-order chi connectivity index (χ0) is 6.81. The lowest BCUT2D eigenvalue weighted by Gasteiger charge is -1.90. The summed E-state index contributed by atoms with van der Waals surface area (Å²) in [5.41, 5.74) is 1.02. The maximum absolute atomic E-state index is 4.04. The van der Waals surface area contributed by atoms with Crippen molar-refractivity contribution in [1.29, 1.82) is 0 Å². The van der Waals surface area contributed by atoms with Gasteiger partial charge in [0.15, 0.2) is 0 Å². The van der Waals surface area contributed by atoms with Crippen molar-refractivity contribution in [2.45, 2.75) is 0 Å². The molecule has 0 aliphatic heterocycles. The molecule has 2 rings (SSSR count). The quantitative estimate of drug-likeness (QED) is 0.615. The van der Waals surface area contributed by atoms with Gasteiger partial charge in [0, 0.05) is 17.8 Å². The third-order valence-corrected chi connectivity index (χ3v) is 1.76. The van der Waals surface area contributed by atoms with Gasteiger partial charge in [-0.1, -0.05) is 0 Å². The van der Waals surface area contributed by atoms with Crippen LogP contribution in [0.2, 0.25) is 0 Å². The molecule has 2 aromatic heterocycles. The fourth-order valence-electron chi connectivity index (χ4n) is 0.734. The molecule has 0 radical (unpaired) electrons. The molecule has 0 N–H and O–H groups in total. The van der Waals surface area contributed by atoms with Crippen molar-refractivity contribution >= 4 is 11.5 Å². The number of nitrogens with zero attached hydrogens (tertiary/aromatic N) is 3. The minimum absolute atomic E-state index is 1.02. The lowest BCUT2D eigenvalue weighted by molar-refractivity contribution is 0.882. The second kappa shape index (κ2) is 2.22. The fourth-order valence-corrected chi connectivity index (χ4v) is 1.24. The van der Waals surface area contributed by atoms with Gasteiger partial charge in [-0.3, -0.25) is 0 Å². The van der Waals surface area contributed by atoms with E-state index in [2.05, 4.69) is 9.47 Å². The molecule has 50 valence electrons. The smallest absolute Gasteiger partial charge is 0.0952 e. The average Bonchev–Trinajstić information content (AvgIpc) is 2.59. The lowest BCUT2D eigenvalue weighted by atomic mass is 10.6. The largest absolute Gasteiger partial charge is 0.239 e. The maximum atomic E-state index is 4.04. The Morgan fingerprint density at radius 2 is 2.50 bits per heavy atom. The van der Waals surface area contributed by atoms with Crippen molar-refractivity contribution in [3.05, 3.63) is 30.0 Å². The molecule has 10 heavy (non-hydrogen) atoms. The average molecular weight is 151 g/mol. The first-order valence-electron chi connectivity index (χ1n) is 2.86. The summed E-state index contributed by atoms with van der Waals surface area (Å²) in [7, 11) is 0. The monoisotopic (exact) mass is 151 g/mol. The van der Waals surface area contributed by atoms with Crippen LogP contribution in [0.15, 0.2) is 30.0 Å². The summed E-state index contributed by atoms with van der Waals surface area (Å²) < 4.78 is 5.74. The minimum Gasteiger partial charge on any atom is -0.239 e. The van der Waals surface area contributed by atoms with E-state index in [1.807, 2.05) is 17.6 Å². The van der Waals surface area contributed by atoms with E-state index in [0.29, 0.717) is 0 Å². The summed E-state index contributed by atoms with van der Waals surface area (Å²) in [6, 6.07) is 1.89. The first-order valence-corrected chi connectivity index (χ1v) is 3.70. The fraction of sp³-hybridized carbons (Fsp3) is 0. The van der Waals surface area contributed by atoms with E-state index >= 15 is 0 Å². The van der Waals surface area contributed by atoms with Crippen LogP contribution < -0.4 is 0 Å². The molecule has 0 saturated heterocycles. The van der Waals surface area contributed by atoms with Crippen molar-refractivity contribution in [3.63, 3.8) is 0 Å². The summed E-state index contributed by atoms with van der Waals surface area (Å²) in [6.45, 7) is 0. The Labute approximate surface area is 62.1 Å². The maximum Gasteiger partial charge on any atom is 0.0952 e. The van der Waals surface area contributed by atoms with Gasteiger partial charge in [0.1, 0.15) is 0 Å². The molecule has 4 heteroatoms. The molecule has 0 aliphatic rings. The van der Waals surface area contributed by atoms with Crippen molar-refractivity contribution < 1.29 is 0 Å². The SMILES string of the molecule is c1cnn(-c2cnsc2)c1. The summed E-state index contributed by atoms with van der Waals surface area (Å²) >= 11 is 1.43. The highest BCUT2D eigenvalue weighted by molar-refractivity contribution is 7.03. The van der Waals surface area contributed by atoms with E-state index < -0.39 is 0 Å². The Kier molecular flexibility index (Phi) is 1.25. The zero-order valence-electron chi connectivity index (χ0n) is 5.14. The van der Waals surface area contributed by atoms with Crippen molar-refractivity contribution in [3.8, 4) is 5.69 Å². The molecule has 2 heterocycles. The van der Waals surface area contributed by atoms with Gasteiger partial charge >= 0.3 is 0 Å². The van der Waals surface area contributed by atoms with Gasteiger partial charge in [-0.15, -0.1) is 0 Å². The third-order valence-electron chi connectivity index (χ3n) is 1.19. The molecule has 0 spiro atoms. The number of rotatable bonds is 1. The van der Waals surface area contributed by atoms with Crippen LogP contribution >= 0.6 is 11.5 Å². The Morgan fingerprint density at radius 3 is 3.10 bits per heavy atom. The highest BCUT2D eigenvalue weighted by Crippen LogP contribution is 2.05. The predicted molar refractivity (Wildman–Crippen MR) is 39.2 cm³/mol. The van der Waals surface area contributed by atoms with Crippen molar-refractivity contribution in [1.82, 2.24) is 14.2 Å². The summed E-state index contributed by atoms with van der Waals surface area (Å²) in [5, 5.41) is 5.99. The van der Waals surface area contributed by atoms with E-state index in [1.165, 1.54) is 11.5 Å². The third kappa shape index (κ3) is 0.823. The van der Waals surface area contributed by atoms with Crippen LogP contribution in [0, 0.1) is 0 Å². The van der Waals surface area contributed by atoms with Crippen LogP contribution in [-0.2, 0) is 0 Å². The van der Waals surface area contributed by atoms with E-state index in [1.54, 1.807) is 17.1 Å². The first kappa shape index (κ1) is 5.61. The second-order valence-corrected chi connectivity index (χ2v) is 2.49. The molecule has 0 saturated carbocycles. The minimum atomic E-state index is 1.02. The van der Waals surface area contributed by atoms with Crippen LogP contribution in [-0.4, -0.2) is 14.2 Å².